The van der Waals surface area contributed by atoms with Crippen molar-refractivity contribution in [3.8, 4) is 11.5 Å². The van der Waals surface area contributed by atoms with E-state index in [0.717, 1.165) is 12.1 Å². The van der Waals surface area contributed by atoms with Gasteiger partial charge in [0, 0.05) is 12.0 Å². The first-order valence-corrected chi connectivity index (χ1v) is 6.86. The van der Waals surface area contributed by atoms with Gasteiger partial charge in [-0.1, -0.05) is 18.2 Å². The molecule has 0 bridgehead atoms. The lowest BCUT2D eigenvalue weighted by atomic mass is 10.1. The topological polar surface area (TPSA) is 35.5 Å². The second kappa shape index (κ2) is 7.17. The van der Waals surface area contributed by atoms with Gasteiger partial charge in [-0.2, -0.15) is 13.2 Å². The molecule has 0 heterocycles. The molecule has 0 unspecified atom stereocenters. The lowest BCUT2D eigenvalue weighted by Gasteiger charge is -2.12. The predicted molar refractivity (Wildman–Crippen MR) is 79.0 cm³/mol. The second-order valence-corrected chi connectivity index (χ2v) is 4.82. The monoisotopic (exact) mass is 324 g/mol. The number of ether oxygens (including phenoxy) is 2. The predicted octanol–water partition coefficient (Wildman–Crippen LogP) is 4.15. The lowest BCUT2D eigenvalue weighted by Crippen LogP contribution is -2.07. The minimum atomic E-state index is -4.36. The quantitative estimate of drug-likeness (QED) is 0.749. The van der Waals surface area contributed by atoms with Crippen LogP contribution < -0.4 is 9.47 Å². The molecular weight excluding hydrogens is 309 g/mol. The summed E-state index contributed by atoms with van der Waals surface area (Å²) < 4.78 is 48.6. The van der Waals surface area contributed by atoms with Gasteiger partial charge in [-0.3, -0.25) is 4.79 Å². The Hall–Kier alpha value is -2.50. The minimum absolute atomic E-state index is 0.167. The average Bonchev–Trinajstić information content (AvgIpc) is 2.54. The van der Waals surface area contributed by atoms with Gasteiger partial charge in [0.1, 0.15) is 6.29 Å². The van der Waals surface area contributed by atoms with E-state index in [9.17, 15) is 18.0 Å². The highest BCUT2D eigenvalue weighted by atomic mass is 19.4. The summed E-state index contributed by atoms with van der Waals surface area (Å²) in [5.74, 6) is 0.837. The van der Waals surface area contributed by atoms with Crippen LogP contribution in [0.5, 0.6) is 11.5 Å². The highest BCUT2D eigenvalue weighted by molar-refractivity contribution is 5.76. The van der Waals surface area contributed by atoms with Crippen molar-refractivity contribution >= 4 is 6.29 Å². The molecular formula is C17H15F3O3. The van der Waals surface area contributed by atoms with Gasteiger partial charge < -0.3 is 9.47 Å². The number of rotatable bonds is 6. The summed E-state index contributed by atoms with van der Waals surface area (Å²) >= 11 is 0. The number of alkyl halides is 3. The van der Waals surface area contributed by atoms with Crippen molar-refractivity contribution in [2.24, 2.45) is 0 Å². The van der Waals surface area contributed by atoms with Crippen LogP contribution in [0.4, 0.5) is 13.2 Å². The molecule has 0 aliphatic carbocycles. The van der Waals surface area contributed by atoms with E-state index in [1.54, 1.807) is 18.2 Å². The Balaban J connectivity index is 2.04. The molecule has 0 spiro atoms. The summed E-state index contributed by atoms with van der Waals surface area (Å²) in [6.45, 7) is 0.167. The normalized spacial score (nSPS) is 11.1. The molecule has 2 aromatic rings. The number of hydrogen-bond donors (Lipinski definition) is 0. The maximum atomic E-state index is 12.7. The Morgan fingerprint density at radius 1 is 1.09 bits per heavy atom. The third-order valence-electron chi connectivity index (χ3n) is 3.23. The molecule has 2 rings (SSSR count). The highest BCUT2D eigenvalue weighted by Gasteiger charge is 2.30. The highest BCUT2D eigenvalue weighted by Crippen LogP contribution is 2.30. The molecule has 0 aromatic heterocycles. The van der Waals surface area contributed by atoms with Gasteiger partial charge in [0.05, 0.1) is 19.3 Å². The van der Waals surface area contributed by atoms with Crippen molar-refractivity contribution < 1.29 is 27.4 Å². The molecule has 0 radical (unpaired) electrons. The molecule has 3 nitrogen and oxygen atoms in total. The second-order valence-electron chi connectivity index (χ2n) is 4.82. The van der Waals surface area contributed by atoms with Crippen LogP contribution in [-0.4, -0.2) is 20.0 Å². The molecule has 0 saturated carbocycles. The fourth-order valence-electron chi connectivity index (χ4n) is 2.06. The first kappa shape index (κ1) is 16.9. The Morgan fingerprint density at radius 3 is 2.52 bits per heavy atom. The molecule has 0 aliphatic heterocycles. The Morgan fingerprint density at radius 2 is 1.87 bits per heavy atom. The van der Waals surface area contributed by atoms with Gasteiger partial charge in [0.15, 0.2) is 11.5 Å². The number of aldehydes is 1. The van der Waals surface area contributed by atoms with Crippen molar-refractivity contribution in [2.45, 2.75) is 12.6 Å². The molecule has 2 aromatic carbocycles. The number of methoxy groups -OCH3 is 1. The summed E-state index contributed by atoms with van der Waals surface area (Å²) in [6, 6.07) is 9.82. The first-order chi connectivity index (χ1) is 10.9. The van der Waals surface area contributed by atoms with E-state index in [4.69, 9.17) is 9.47 Å². The van der Waals surface area contributed by atoms with Gasteiger partial charge in [-0.25, -0.2) is 0 Å². The van der Waals surface area contributed by atoms with E-state index >= 15 is 0 Å². The van der Waals surface area contributed by atoms with Crippen LogP contribution in [0.2, 0.25) is 0 Å². The van der Waals surface area contributed by atoms with Crippen molar-refractivity contribution in [3.63, 3.8) is 0 Å². The average molecular weight is 324 g/mol. The van der Waals surface area contributed by atoms with Crippen molar-refractivity contribution in [2.75, 3.05) is 13.7 Å². The lowest BCUT2D eigenvalue weighted by molar-refractivity contribution is -0.137. The summed E-state index contributed by atoms with van der Waals surface area (Å²) in [7, 11) is 1.47. The number of carbonyl (C=O) groups is 1. The number of halogens is 3. The first-order valence-electron chi connectivity index (χ1n) is 6.86. The maximum absolute atomic E-state index is 12.7. The smallest absolute Gasteiger partial charge is 0.416 e. The number of carbonyl (C=O) groups excluding carboxylic acids is 1. The summed E-state index contributed by atoms with van der Waals surface area (Å²) in [5.41, 5.74) is 0.265. The zero-order valence-electron chi connectivity index (χ0n) is 12.4. The van der Waals surface area contributed by atoms with Crippen LogP contribution in [0.1, 0.15) is 21.5 Å². The van der Waals surface area contributed by atoms with Gasteiger partial charge in [0.25, 0.3) is 0 Å². The van der Waals surface area contributed by atoms with Crippen LogP contribution in [-0.2, 0) is 12.6 Å². The van der Waals surface area contributed by atoms with Gasteiger partial charge >= 0.3 is 6.18 Å². The summed E-state index contributed by atoms with van der Waals surface area (Å²) in [4.78, 5) is 10.8. The summed E-state index contributed by atoms with van der Waals surface area (Å²) in [6.07, 6.45) is -3.38. The molecule has 0 aliphatic rings. The van der Waals surface area contributed by atoms with E-state index in [-0.39, 0.29) is 6.61 Å². The molecule has 0 saturated heterocycles. The SMILES string of the molecule is COc1ccc(C=O)cc1OCCc1cccc(C(F)(F)F)c1. The van der Waals surface area contributed by atoms with Crippen molar-refractivity contribution in [1.82, 2.24) is 0 Å². The fraction of sp³-hybridized carbons (Fsp3) is 0.235. The van der Waals surface area contributed by atoms with E-state index in [1.165, 1.54) is 19.2 Å². The maximum Gasteiger partial charge on any atom is 0.416 e. The largest absolute Gasteiger partial charge is 0.493 e. The molecule has 6 heteroatoms. The van der Waals surface area contributed by atoms with Crippen LogP contribution in [0.25, 0.3) is 0 Å². The fourth-order valence-corrected chi connectivity index (χ4v) is 2.06. The molecule has 122 valence electrons. The van der Waals surface area contributed by atoms with Gasteiger partial charge in [-0.05, 0) is 29.8 Å². The molecule has 0 N–H and O–H groups in total. The van der Waals surface area contributed by atoms with E-state index in [1.807, 2.05) is 0 Å². The van der Waals surface area contributed by atoms with E-state index in [0.29, 0.717) is 35.3 Å². The van der Waals surface area contributed by atoms with Gasteiger partial charge in [0.2, 0.25) is 0 Å². The van der Waals surface area contributed by atoms with Crippen molar-refractivity contribution in [1.29, 1.82) is 0 Å². The summed E-state index contributed by atoms with van der Waals surface area (Å²) in [5, 5.41) is 0. The van der Waals surface area contributed by atoms with E-state index in [2.05, 4.69) is 0 Å². The van der Waals surface area contributed by atoms with Crippen LogP contribution in [0.15, 0.2) is 42.5 Å². The Bertz CT molecular complexity index is 681. The Kier molecular flexibility index (Phi) is 5.26. The number of benzene rings is 2. The van der Waals surface area contributed by atoms with Crippen LogP contribution in [0, 0.1) is 0 Å². The minimum Gasteiger partial charge on any atom is -0.493 e. The zero-order valence-corrected chi connectivity index (χ0v) is 12.4. The van der Waals surface area contributed by atoms with Gasteiger partial charge in [-0.15, -0.1) is 0 Å². The Labute approximate surface area is 131 Å². The van der Waals surface area contributed by atoms with Crippen LogP contribution in [0.3, 0.4) is 0 Å². The molecule has 0 amide bonds. The number of hydrogen-bond acceptors (Lipinski definition) is 3. The molecule has 0 fully saturated rings. The standard InChI is InChI=1S/C17H15F3O3/c1-22-15-6-5-13(11-21)10-16(15)23-8-7-12-3-2-4-14(9-12)17(18,19)20/h2-6,9-11H,7-8H2,1H3. The van der Waals surface area contributed by atoms with E-state index < -0.39 is 11.7 Å². The molecule has 23 heavy (non-hydrogen) atoms. The molecule has 0 atom stereocenters. The third kappa shape index (κ3) is 4.48. The zero-order chi connectivity index (χ0) is 16.9. The third-order valence-corrected chi connectivity index (χ3v) is 3.23. The van der Waals surface area contributed by atoms with Crippen LogP contribution >= 0.6 is 0 Å². The van der Waals surface area contributed by atoms with Crippen molar-refractivity contribution in [3.05, 3.63) is 59.2 Å².